The molecule has 0 unspecified atom stereocenters. The average molecular weight is 360 g/mol. The number of hydrogen-bond donors (Lipinski definition) is 1. The van der Waals surface area contributed by atoms with E-state index >= 15 is 0 Å². The molecule has 1 aliphatic rings. The Hall–Kier alpha value is -1.18. The lowest BCUT2D eigenvalue weighted by molar-refractivity contribution is 0.0696. The van der Waals surface area contributed by atoms with Crippen molar-refractivity contribution < 1.29 is 18.3 Å². The van der Waals surface area contributed by atoms with Gasteiger partial charge in [-0.15, -0.1) is 0 Å². The maximum Gasteiger partial charge on any atom is 0.335 e. The highest BCUT2D eigenvalue weighted by molar-refractivity contribution is 9.10. The largest absolute Gasteiger partial charge is 0.478 e. The lowest BCUT2D eigenvalue weighted by atomic mass is 10.1. The van der Waals surface area contributed by atoms with E-state index in [1.165, 1.54) is 22.5 Å². The van der Waals surface area contributed by atoms with Crippen LogP contribution in [0.5, 0.6) is 0 Å². The fourth-order valence-corrected chi connectivity index (χ4v) is 4.27. The predicted molar refractivity (Wildman–Crippen MR) is 78.2 cm³/mol. The minimum absolute atomic E-state index is 0.00893. The Kier molecular flexibility index (Phi) is 4.31. The first-order chi connectivity index (χ1) is 9.32. The third kappa shape index (κ3) is 2.94. The topological polar surface area (TPSA) is 74.7 Å². The standard InChI is InChI=1S/C13H14BrNO4S/c1-9-4-6-15(7-5-9)20(18,19)12-8-10(13(16)17)2-3-11(12)14/h2-4,8H,5-7H2,1H3,(H,16,17). The highest BCUT2D eigenvalue weighted by Gasteiger charge is 2.28. The molecule has 1 aromatic rings. The molecule has 1 aliphatic heterocycles. The van der Waals surface area contributed by atoms with E-state index in [0.717, 1.165) is 5.57 Å². The van der Waals surface area contributed by atoms with Gasteiger partial charge in [-0.3, -0.25) is 0 Å². The fourth-order valence-electron chi connectivity index (χ4n) is 1.94. The predicted octanol–water partition coefficient (Wildman–Crippen LogP) is 2.49. The van der Waals surface area contributed by atoms with Crippen molar-refractivity contribution in [3.8, 4) is 0 Å². The molecule has 0 spiro atoms. The Morgan fingerprint density at radius 2 is 2.10 bits per heavy atom. The zero-order valence-corrected chi connectivity index (χ0v) is 13.2. The van der Waals surface area contributed by atoms with Crippen LogP contribution < -0.4 is 0 Å². The number of sulfonamides is 1. The van der Waals surface area contributed by atoms with Crippen molar-refractivity contribution in [3.05, 3.63) is 39.9 Å². The smallest absolute Gasteiger partial charge is 0.335 e. The molecule has 1 N–H and O–H groups in total. The molecule has 1 heterocycles. The molecule has 1 aromatic carbocycles. The van der Waals surface area contributed by atoms with Crippen molar-refractivity contribution in [2.24, 2.45) is 0 Å². The van der Waals surface area contributed by atoms with Crippen LogP contribution in [-0.2, 0) is 10.0 Å². The first-order valence-corrected chi connectivity index (χ1v) is 8.24. The highest BCUT2D eigenvalue weighted by atomic mass is 79.9. The second-order valence-electron chi connectivity index (χ2n) is 4.61. The van der Waals surface area contributed by atoms with Crippen LogP contribution in [0, 0.1) is 0 Å². The number of halogens is 1. The van der Waals surface area contributed by atoms with Crippen molar-refractivity contribution in [2.45, 2.75) is 18.2 Å². The quantitative estimate of drug-likeness (QED) is 0.841. The van der Waals surface area contributed by atoms with E-state index in [2.05, 4.69) is 15.9 Å². The Labute approximate surface area is 126 Å². The number of rotatable bonds is 3. The van der Waals surface area contributed by atoms with E-state index in [0.29, 0.717) is 24.0 Å². The maximum absolute atomic E-state index is 12.6. The minimum atomic E-state index is -3.69. The summed E-state index contributed by atoms with van der Waals surface area (Å²) in [5, 5.41) is 8.98. The number of nitrogens with zero attached hydrogens (tertiary/aromatic N) is 1. The number of aromatic carboxylic acids is 1. The molecule has 0 atom stereocenters. The summed E-state index contributed by atoms with van der Waals surface area (Å²) < 4.78 is 26.8. The number of carbonyl (C=O) groups is 1. The van der Waals surface area contributed by atoms with E-state index in [4.69, 9.17) is 5.11 Å². The van der Waals surface area contributed by atoms with Crippen molar-refractivity contribution in [1.82, 2.24) is 4.31 Å². The molecular weight excluding hydrogens is 346 g/mol. The molecule has 0 aliphatic carbocycles. The van der Waals surface area contributed by atoms with Gasteiger partial charge in [0.2, 0.25) is 10.0 Å². The van der Waals surface area contributed by atoms with E-state index in [-0.39, 0.29) is 10.5 Å². The summed E-state index contributed by atoms with van der Waals surface area (Å²) in [5.41, 5.74) is 1.12. The Balaban J connectivity index is 2.44. The van der Waals surface area contributed by atoms with Crippen molar-refractivity contribution in [1.29, 1.82) is 0 Å². The van der Waals surface area contributed by atoms with Gasteiger partial charge in [0.05, 0.1) is 10.5 Å². The van der Waals surface area contributed by atoms with Crippen LogP contribution in [0.2, 0.25) is 0 Å². The number of carboxylic acid groups (broad SMARTS) is 1. The van der Waals surface area contributed by atoms with Gasteiger partial charge in [-0.2, -0.15) is 4.31 Å². The summed E-state index contributed by atoms with van der Waals surface area (Å²) in [6.07, 6.45) is 2.56. The Bertz CT molecular complexity index is 682. The van der Waals surface area contributed by atoms with Gasteiger partial charge in [-0.05, 0) is 47.5 Å². The monoisotopic (exact) mass is 359 g/mol. The summed E-state index contributed by atoms with van der Waals surface area (Å²) in [4.78, 5) is 11.0. The zero-order valence-electron chi connectivity index (χ0n) is 10.8. The molecule has 0 saturated carbocycles. The molecule has 0 amide bonds. The first-order valence-electron chi connectivity index (χ1n) is 6.01. The van der Waals surface area contributed by atoms with Gasteiger partial charge >= 0.3 is 5.97 Å². The molecule has 108 valence electrons. The van der Waals surface area contributed by atoms with Crippen LogP contribution in [0.1, 0.15) is 23.7 Å². The van der Waals surface area contributed by atoms with Crippen LogP contribution in [0.15, 0.2) is 39.2 Å². The Morgan fingerprint density at radius 3 is 2.65 bits per heavy atom. The molecule has 20 heavy (non-hydrogen) atoms. The van der Waals surface area contributed by atoms with E-state index < -0.39 is 16.0 Å². The highest BCUT2D eigenvalue weighted by Crippen LogP contribution is 2.28. The number of benzene rings is 1. The van der Waals surface area contributed by atoms with Crippen molar-refractivity contribution >= 4 is 31.9 Å². The molecule has 0 bridgehead atoms. The van der Waals surface area contributed by atoms with Gasteiger partial charge in [0.1, 0.15) is 0 Å². The summed E-state index contributed by atoms with van der Waals surface area (Å²) in [6.45, 7) is 2.69. The summed E-state index contributed by atoms with van der Waals surface area (Å²) in [6, 6.07) is 4.00. The fraction of sp³-hybridized carbons (Fsp3) is 0.308. The lowest BCUT2D eigenvalue weighted by Gasteiger charge is -2.25. The van der Waals surface area contributed by atoms with Gasteiger partial charge < -0.3 is 5.11 Å². The van der Waals surface area contributed by atoms with Crippen LogP contribution >= 0.6 is 15.9 Å². The molecular formula is C13H14BrNO4S. The zero-order chi connectivity index (χ0) is 14.9. The second kappa shape index (κ2) is 5.67. The summed E-state index contributed by atoms with van der Waals surface area (Å²) in [7, 11) is -3.69. The van der Waals surface area contributed by atoms with E-state index in [1.54, 1.807) is 0 Å². The van der Waals surface area contributed by atoms with Crippen molar-refractivity contribution in [3.63, 3.8) is 0 Å². The second-order valence-corrected chi connectivity index (χ2v) is 7.37. The van der Waals surface area contributed by atoms with Crippen LogP contribution in [0.25, 0.3) is 0 Å². The third-order valence-corrected chi connectivity index (χ3v) is 6.05. The van der Waals surface area contributed by atoms with Gasteiger partial charge in [-0.25, -0.2) is 13.2 Å². The van der Waals surface area contributed by atoms with Crippen LogP contribution in [0.3, 0.4) is 0 Å². The molecule has 5 nitrogen and oxygen atoms in total. The molecule has 0 saturated heterocycles. The van der Waals surface area contributed by atoms with E-state index in [9.17, 15) is 13.2 Å². The minimum Gasteiger partial charge on any atom is -0.478 e. The van der Waals surface area contributed by atoms with Gasteiger partial charge in [0.25, 0.3) is 0 Å². The number of hydrogen-bond acceptors (Lipinski definition) is 3. The molecule has 2 rings (SSSR count). The van der Waals surface area contributed by atoms with Gasteiger partial charge in [0, 0.05) is 17.6 Å². The molecule has 0 aromatic heterocycles. The SMILES string of the molecule is CC1=CCN(S(=O)(=O)c2cc(C(=O)O)ccc2Br)CC1. The van der Waals surface area contributed by atoms with E-state index in [1.807, 2.05) is 13.0 Å². The average Bonchev–Trinajstić information content (AvgIpc) is 2.39. The molecule has 7 heteroatoms. The Morgan fingerprint density at radius 1 is 1.40 bits per heavy atom. The number of carboxylic acids is 1. The molecule has 0 radical (unpaired) electrons. The summed E-state index contributed by atoms with van der Waals surface area (Å²) in [5.74, 6) is -1.15. The normalized spacial score (nSPS) is 16.8. The van der Waals surface area contributed by atoms with Crippen LogP contribution in [-0.4, -0.2) is 36.9 Å². The third-order valence-electron chi connectivity index (χ3n) is 3.19. The maximum atomic E-state index is 12.6. The van der Waals surface area contributed by atoms with Gasteiger partial charge in [-0.1, -0.05) is 11.6 Å². The van der Waals surface area contributed by atoms with Crippen LogP contribution in [0.4, 0.5) is 0 Å². The van der Waals surface area contributed by atoms with Crippen molar-refractivity contribution in [2.75, 3.05) is 13.1 Å². The summed E-state index contributed by atoms with van der Waals surface area (Å²) >= 11 is 3.18. The van der Waals surface area contributed by atoms with Gasteiger partial charge in [0.15, 0.2) is 0 Å². The molecule has 0 fully saturated rings. The first kappa shape index (κ1) is 15.2. The lowest BCUT2D eigenvalue weighted by Crippen LogP contribution is -2.34.